The largest absolute Gasteiger partial charge is 0.320 e. The first-order valence-electron chi connectivity index (χ1n) is 7.31. The minimum absolute atomic E-state index is 0.279. The number of aryl methyl sites for hydroxylation is 2. The van der Waals surface area contributed by atoms with Crippen LogP contribution in [0.3, 0.4) is 0 Å². The lowest BCUT2D eigenvalue weighted by atomic mass is 10.2. The number of carbonyl (C=O) groups excluding carboxylic acids is 1. The Labute approximate surface area is 140 Å². The van der Waals surface area contributed by atoms with Gasteiger partial charge in [0, 0.05) is 22.5 Å². The molecule has 0 aliphatic rings. The summed E-state index contributed by atoms with van der Waals surface area (Å²) in [6.07, 6.45) is 1.59. The average molecular weight is 340 g/mol. The van der Waals surface area contributed by atoms with Crippen LogP contribution in [-0.2, 0) is 7.05 Å². The third kappa shape index (κ3) is 2.33. The van der Waals surface area contributed by atoms with Crippen LogP contribution in [0.15, 0.2) is 36.5 Å². The van der Waals surface area contributed by atoms with Gasteiger partial charge < -0.3 is 5.32 Å². The first-order valence-corrected chi connectivity index (χ1v) is 8.13. The highest BCUT2D eigenvalue weighted by atomic mass is 32.1. The number of halogens is 1. The summed E-state index contributed by atoms with van der Waals surface area (Å²) in [6, 6.07) is 8.24. The third-order valence-corrected chi connectivity index (χ3v) is 4.95. The molecule has 0 atom stereocenters. The van der Waals surface area contributed by atoms with Crippen molar-refractivity contribution in [1.82, 2.24) is 14.8 Å². The Morgan fingerprint density at radius 1 is 1.29 bits per heavy atom. The lowest BCUT2D eigenvalue weighted by Crippen LogP contribution is -2.10. The van der Waals surface area contributed by atoms with E-state index in [2.05, 4.69) is 15.4 Å². The number of nitrogens with one attached hydrogen (secondary N) is 1. The van der Waals surface area contributed by atoms with Crippen molar-refractivity contribution in [2.45, 2.75) is 6.92 Å². The quantitative estimate of drug-likeness (QED) is 0.602. The molecule has 0 saturated heterocycles. The Balaban J connectivity index is 1.67. The van der Waals surface area contributed by atoms with Gasteiger partial charge in [-0.3, -0.25) is 9.48 Å². The fraction of sp³-hybridized carbons (Fsp3) is 0.118. The van der Waals surface area contributed by atoms with Crippen LogP contribution in [0.4, 0.5) is 10.1 Å². The highest BCUT2D eigenvalue weighted by Gasteiger charge is 2.14. The standard InChI is InChI=1S/C17H13FN4OS/c1-9-11-6-10(8-19-16(11)22(2)21-9)20-17(23)15-7-12-13(18)4-3-5-14(12)24-15/h3-8H,1-2H3,(H,20,23). The van der Waals surface area contributed by atoms with E-state index < -0.39 is 0 Å². The van der Waals surface area contributed by atoms with E-state index in [-0.39, 0.29) is 11.7 Å². The summed E-state index contributed by atoms with van der Waals surface area (Å²) >= 11 is 1.26. The normalized spacial score (nSPS) is 11.3. The summed E-state index contributed by atoms with van der Waals surface area (Å²) < 4.78 is 16.2. The molecule has 0 unspecified atom stereocenters. The number of carbonyl (C=O) groups is 1. The number of anilines is 1. The van der Waals surface area contributed by atoms with Crippen molar-refractivity contribution in [3.63, 3.8) is 0 Å². The van der Waals surface area contributed by atoms with E-state index >= 15 is 0 Å². The Morgan fingerprint density at radius 3 is 2.92 bits per heavy atom. The molecule has 24 heavy (non-hydrogen) atoms. The summed E-state index contributed by atoms with van der Waals surface area (Å²) in [7, 11) is 1.83. The van der Waals surface area contributed by atoms with Gasteiger partial charge >= 0.3 is 0 Å². The van der Waals surface area contributed by atoms with Crippen LogP contribution >= 0.6 is 11.3 Å². The van der Waals surface area contributed by atoms with Crippen molar-refractivity contribution in [1.29, 1.82) is 0 Å². The first-order chi connectivity index (χ1) is 11.5. The van der Waals surface area contributed by atoms with E-state index in [0.717, 1.165) is 21.4 Å². The van der Waals surface area contributed by atoms with Crippen LogP contribution < -0.4 is 5.32 Å². The molecule has 1 N–H and O–H groups in total. The van der Waals surface area contributed by atoms with Gasteiger partial charge in [-0.15, -0.1) is 11.3 Å². The van der Waals surface area contributed by atoms with Gasteiger partial charge in [0.15, 0.2) is 5.65 Å². The first kappa shape index (κ1) is 14.8. The van der Waals surface area contributed by atoms with Gasteiger partial charge in [0.25, 0.3) is 5.91 Å². The van der Waals surface area contributed by atoms with Gasteiger partial charge in [-0.1, -0.05) is 6.07 Å². The maximum atomic E-state index is 13.8. The summed E-state index contributed by atoms with van der Waals surface area (Å²) in [5.74, 6) is -0.602. The second kappa shape index (κ2) is 5.38. The van der Waals surface area contributed by atoms with E-state index in [1.165, 1.54) is 17.4 Å². The molecular formula is C17H13FN4OS. The van der Waals surface area contributed by atoms with E-state index in [1.807, 2.05) is 20.0 Å². The Kier molecular flexibility index (Phi) is 3.31. The van der Waals surface area contributed by atoms with Gasteiger partial charge in [-0.2, -0.15) is 5.10 Å². The molecule has 0 saturated carbocycles. The lowest BCUT2D eigenvalue weighted by Gasteiger charge is -2.03. The van der Waals surface area contributed by atoms with E-state index in [0.29, 0.717) is 16.0 Å². The molecule has 1 aromatic carbocycles. The molecule has 0 bridgehead atoms. The number of rotatable bonds is 2. The highest BCUT2D eigenvalue weighted by Crippen LogP contribution is 2.28. The summed E-state index contributed by atoms with van der Waals surface area (Å²) in [6.45, 7) is 1.89. The van der Waals surface area contributed by atoms with Crippen molar-refractivity contribution in [3.05, 3.63) is 52.9 Å². The predicted octanol–water partition coefficient (Wildman–Crippen LogP) is 3.88. The highest BCUT2D eigenvalue weighted by molar-refractivity contribution is 7.20. The molecule has 0 radical (unpaired) electrons. The zero-order chi connectivity index (χ0) is 16.8. The van der Waals surface area contributed by atoms with Crippen molar-refractivity contribution < 1.29 is 9.18 Å². The van der Waals surface area contributed by atoms with Gasteiger partial charge in [0.05, 0.1) is 22.5 Å². The van der Waals surface area contributed by atoms with Gasteiger partial charge in [-0.25, -0.2) is 9.37 Å². The predicted molar refractivity (Wildman–Crippen MR) is 93.0 cm³/mol. The minimum atomic E-state index is -0.322. The van der Waals surface area contributed by atoms with Gasteiger partial charge in [-0.05, 0) is 31.2 Å². The van der Waals surface area contributed by atoms with Crippen LogP contribution in [0.1, 0.15) is 15.4 Å². The van der Waals surface area contributed by atoms with E-state index in [4.69, 9.17) is 0 Å². The van der Waals surface area contributed by atoms with E-state index in [9.17, 15) is 9.18 Å². The van der Waals surface area contributed by atoms with Crippen molar-refractivity contribution in [2.75, 3.05) is 5.32 Å². The molecule has 3 aromatic heterocycles. The molecule has 7 heteroatoms. The molecule has 0 spiro atoms. The molecule has 0 aliphatic carbocycles. The topological polar surface area (TPSA) is 59.8 Å². The SMILES string of the molecule is Cc1nn(C)c2ncc(NC(=O)c3cc4c(F)cccc4s3)cc12. The Hall–Kier alpha value is -2.80. The number of aromatic nitrogens is 3. The van der Waals surface area contributed by atoms with Crippen molar-refractivity contribution >= 4 is 44.1 Å². The lowest BCUT2D eigenvalue weighted by molar-refractivity contribution is 0.103. The van der Waals surface area contributed by atoms with Crippen molar-refractivity contribution in [2.24, 2.45) is 7.05 Å². The van der Waals surface area contributed by atoms with E-state index in [1.54, 1.807) is 29.1 Å². The monoisotopic (exact) mass is 340 g/mol. The second-order valence-corrected chi connectivity index (χ2v) is 6.60. The molecule has 120 valence electrons. The van der Waals surface area contributed by atoms with Crippen LogP contribution in [0.2, 0.25) is 0 Å². The summed E-state index contributed by atoms with van der Waals surface area (Å²) in [5, 5.41) is 8.47. The number of nitrogens with zero attached hydrogens (tertiary/aromatic N) is 3. The molecule has 4 rings (SSSR count). The summed E-state index contributed by atoms with van der Waals surface area (Å²) in [4.78, 5) is 17.2. The Bertz CT molecular complexity index is 1100. The number of benzene rings is 1. The molecule has 1 amide bonds. The fourth-order valence-electron chi connectivity index (χ4n) is 2.71. The average Bonchev–Trinajstić information content (AvgIpc) is 3.11. The maximum Gasteiger partial charge on any atom is 0.265 e. The Morgan fingerprint density at radius 2 is 2.12 bits per heavy atom. The number of hydrogen-bond donors (Lipinski definition) is 1. The number of amides is 1. The molecule has 0 aliphatic heterocycles. The van der Waals surface area contributed by atoms with Crippen LogP contribution in [0.25, 0.3) is 21.1 Å². The molecule has 5 nitrogen and oxygen atoms in total. The third-order valence-electron chi connectivity index (χ3n) is 3.85. The van der Waals surface area contributed by atoms with Crippen LogP contribution in [0.5, 0.6) is 0 Å². The molecule has 3 heterocycles. The minimum Gasteiger partial charge on any atom is -0.320 e. The molecular weight excluding hydrogens is 327 g/mol. The van der Waals surface area contributed by atoms with Gasteiger partial charge in [0.2, 0.25) is 0 Å². The van der Waals surface area contributed by atoms with Gasteiger partial charge in [0.1, 0.15) is 5.82 Å². The zero-order valence-electron chi connectivity index (χ0n) is 13.0. The van der Waals surface area contributed by atoms with Crippen molar-refractivity contribution in [3.8, 4) is 0 Å². The molecule has 4 aromatic rings. The number of thiophene rings is 1. The summed E-state index contributed by atoms with van der Waals surface area (Å²) in [5.41, 5.74) is 2.19. The molecule has 0 fully saturated rings. The number of hydrogen-bond acceptors (Lipinski definition) is 4. The van der Waals surface area contributed by atoms with Crippen LogP contribution in [0, 0.1) is 12.7 Å². The zero-order valence-corrected chi connectivity index (χ0v) is 13.8. The fourth-order valence-corrected chi connectivity index (χ4v) is 3.68. The smallest absolute Gasteiger partial charge is 0.265 e. The second-order valence-electron chi connectivity index (χ2n) is 5.52. The van der Waals surface area contributed by atoms with Crippen LogP contribution in [-0.4, -0.2) is 20.7 Å². The number of pyridine rings is 1. The number of fused-ring (bicyclic) bond motifs is 2. The maximum absolute atomic E-state index is 13.8.